The standard InChI is InChI=1S/C78H54N2O2/c1-49-19-15-29-63-65-31-17-33-71(77(65)81-75(49)63)79(61-45-57(51-21-7-3-8-22-51)43-58(46-61)52-23-9-4-10-24-52)69-41-37-55-36-40-68-70(42-38-56-35-39-67(69)73(55)74(56)68)80(72-34-18-32-66-64-30-16-20-50(2)76(64)82-78(66)72)62-47-59(53-25-11-5-12-26-53)44-60(48-62)54-27-13-6-14-28-54/h3-48,73-74H,1-2H3. The molecule has 0 bridgehead atoms. The number of anilines is 4. The fourth-order valence-corrected chi connectivity index (χ4v) is 13.4. The first kappa shape index (κ1) is 47.6. The minimum absolute atomic E-state index is 0.00695. The molecule has 0 saturated heterocycles. The van der Waals surface area contributed by atoms with E-state index in [9.17, 15) is 0 Å². The van der Waals surface area contributed by atoms with Crippen LogP contribution in [0, 0.1) is 25.7 Å². The van der Waals surface area contributed by atoms with Gasteiger partial charge in [-0.2, -0.15) is 0 Å². The van der Waals surface area contributed by atoms with E-state index >= 15 is 0 Å². The van der Waals surface area contributed by atoms with E-state index in [1.165, 1.54) is 22.3 Å². The van der Waals surface area contributed by atoms with Crippen LogP contribution in [-0.2, 0) is 0 Å². The molecule has 2 unspecified atom stereocenters. The normalized spacial score (nSPS) is 16.1. The molecular formula is C78H54N2O2. The topological polar surface area (TPSA) is 32.8 Å². The monoisotopic (exact) mass is 1050 g/mol. The Hall–Kier alpha value is -10.4. The fraction of sp³-hybridized carbons (Fsp3) is 0.0513. The van der Waals surface area contributed by atoms with Gasteiger partial charge in [-0.15, -0.1) is 0 Å². The van der Waals surface area contributed by atoms with Gasteiger partial charge >= 0.3 is 0 Å². The number of nitrogens with zero attached hydrogens (tertiary/aromatic N) is 2. The van der Waals surface area contributed by atoms with Gasteiger partial charge in [0, 0.05) is 44.8 Å². The van der Waals surface area contributed by atoms with Crippen molar-refractivity contribution in [2.24, 2.45) is 11.8 Å². The van der Waals surface area contributed by atoms with Gasteiger partial charge in [-0.05, 0) is 152 Å². The number of hydrogen-bond donors (Lipinski definition) is 0. The molecule has 4 heteroatoms. The Balaban J connectivity index is 0.915. The second kappa shape index (κ2) is 19.1. The Morgan fingerprint density at radius 3 is 1.21 bits per heavy atom. The highest BCUT2D eigenvalue weighted by Gasteiger charge is 2.43. The van der Waals surface area contributed by atoms with Gasteiger partial charge in [-0.1, -0.05) is 218 Å². The van der Waals surface area contributed by atoms with Crippen LogP contribution in [0.3, 0.4) is 0 Å². The molecule has 0 fully saturated rings. The molecule has 4 aliphatic rings. The smallest absolute Gasteiger partial charge is 0.159 e. The molecule has 0 aliphatic heterocycles. The number of furan rings is 2. The number of benzene rings is 10. The van der Waals surface area contributed by atoms with E-state index in [2.05, 4.69) is 303 Å². The number of rotatable bonds is 10. The van der Waals surface area contributed by atoms with E-state index in [4.69, 9.17) is 8.83 Å². The Morgan fingerprint density at radius 2 is 0.720 bits per heavy atom. The summed E-state index contributed by atoms with van der Waals surface area (Å²) in [6.45, 7) is 4.28. The third-order valence-electron chi connectivity index (χ3n) is 17.2. The molecule has 16 rings (SSSR count). The zero-order valence-corrected chi connectivity index (χ0v) is 45.4. The van der Waals surface area contributed by atoms with E-state index in [-0.39, 0.29) is 11.8 Å². The zero-order valence-electron chi connectivity index (χ0n) is 45.4. The molecule has 0 spiro atoms. The summed E-state index contributed by atoms with van der Waals surface area (Å²) < 4.78 is 14.2. The molecule has 2 atom stereocenters. The second-order valence-corrected chi connectivity index (χ2v) is 22.1. The Bertz CT molecular complexity index is 4700. The van der Waals surface area contributed by atoms with E-state index in [0.717, 1.165) is 134 Å². The molecular weight excluding hydrogens is 997 g/mol. The number of hydrogen-bond acceptors (Lipinski definition) is 4. The van der Waals surface area contributed by atoms with Crippen molar-refractivity contribution in [2.45, 2.75) is 13.8 Å². The lowest BCUT2D eigenvalue weighted by atomic mass is 9.63. The van der Waals surface area contributed by atoms with Crippen molar-refractivity contribution in [1.82, 2.24) is 0 Å². The molecule has 0 saturated carbocycles. The summed E-state index contributed by atoms with van der Waals surface area (Å²) in [5.74, 6) is -0.0139. The lowest BCUT2D eigenvalue weighted by Gasteiger charge is -2.45. The van der Waals surface area contributed by atoms with Crippen LogP contribution in [-0.4, -0.2) is 0 Å². The van der Waals surface area contributed by atoms with Crippen molar-refractivity contribution in [1.29, 1.82) is 0 Å². The van der Waals surface area contributed by atoms with Crippen molar-refractivity contribution >= 4 is 66.6 Å². The lowest BCUT2D eigenvalue weighted by molar-refractivity contribution is 0.551. The molecule has 12 aromatic rings. The van der Waals surface area contributed by atoms with Gasteiger partial charge in [-0.25, -0.2) is 0 Å². The summed E-state index contributed by atoms with van der Waals surface area (Å²) in [5.41, 5.74) is 26.2. The molecule has 10 aromatic carbocycles. The van der Waals surface area contributed by atoms with Gasteiger partial charge in [0.2, 0.25) is 0 Å². The summed E-state index contributed by atoms with van der Waals surface area (Å²) in [6, 6.07) is 83.3. The molecule has 0 N–H and O–H groups in total. The van der Waals surface area contributed by atoms with Crippen LogP contribution in [0.25, 0.3) is 88.4 Å². The largest absolute Gasteiger partial charge is 0.454 e. The first-order valence-electron chi connectivity index (χ1n) is 28.4. The van der Waals surface area contributed by atoms with Crippen molar-refractivity contribution in [2.75, 3.05) is 9.80 Å². The Morgan fingerprint density at radius 1 is 0.317 bits per heavy atom. The molecule has 2 aromatic heterocycles. The average molecular weight is 1050 g/mol. The minimum atomic E-state index is -0.00695. The number of para-hydroxylation sites is 4. The van der Waals surface area contributed by atoms with Crippen LogP contribution < -0.4 is 9.80 Å². The van der Waals surface area contributed by atoms with Gasteiger partial charge in [0.15, 0.2) is 11.2 Å². The fourth-order valence-electron chi connectivity index (χ4n) is 13.4. The van der Waals surface area contributed by atoms with Crippen LogP contribution in [0.5, 0.6) is 0 Å². The highest BCUT2D eigenvalue weighted by atomic mass is 16.3. The van der Waals surface area contributed by atoms with Crippen LogP contribution >= 0.6 is 0 Å². The van der Waals surface area contributed by atoms with E-state index in [1.54, 1.807) is 0 Å². The first-order valence-corrected chi connectivity index (χ1v) is 28.4. The van der Waals surface area contributed by atoms with Crippen molar-refractivity contribution in [3.63, 3.8) is 0 Å². The summed E-state index contributed by atoms with van der Waals surface area (Å²) in [6.07, 6.45) is 18.9. The predicted molar refractivity (Wildman–Crippen MR) is 340 cm³/mol. The molecule has 82 heavy (non-hydrogen) atoms. The van der Waals surface area contributed by atoms with Gasteiger partial charge in [0.05, 0.1) is 22.8 Å². The Labute approximate surface area is 476 Å². The van der Waals surface area contributed by atoms with Gasteiger partial charge in [-0.3, -0.25) is 0 Å². The van der Waals surface area contributed by atoms with Crippen molar-refractivity contribution in [3.8, 4) is 44.5 Å². The summed E-state index contributed by atoms with van der Waals surface area (Å²) in [5, 5.41) is 4.40. The van der Waals surface area contributed by atoms with Crippen LogP contribution in [0.2, 0.25) is 0 Å². The summed E-state index contributed by atoms with van der Waals surface area (Å²) in [4.78, 5) is 4.96. The number of fused-ring (bicyclic) bond motifs is 6. The maximum Gasteiger partial charge on any atom is 0.159 e. The summed E-state index contributed by atoms with van der Waals surface area (Å²) in [7, 11) is 0. The zero-order chi connectivity index (χ0) is 54.4. The highest BCUT2D eigenvalue weighted by molar-refractivity contribution is 6.12. The average Bonchev–Trinajstić information content (AvgIpc) is 2.31. The van der Waals surface area contributed by atoms with Crippen LogP contribution in [0.1, 0.15) is 11.1 Å². The van der Waals surface area contributed by atoms with E-state index < -0.39 is 0 Å². The third kappa shape index (κ3) is 7.74. The van der Waals surface area contributed by atoms with E-state index in [0.29, 0.717) is 0 Å². The molecule has 4 aliphatic carbocycles. The van der Waals surface area contributed by atoms with Gasteiger partial charge < -0.3 is 18.6 Å². The van der Waals surface area contributed by atoms with Crippen molar-refractivity contribution in [3.05, 3.63) is 324 Å². The molecule has 4 nitrogen and oxygen atoms in total. The quantitative estimate of drug-likeness (QED) is 0.137. The highest BCUT2D eigenvalue weighted by Crippen LogP contribution is 2.56. The minimum Gasteiger partial charge on any atom is -0.454 e. The third-order valence-corrected chi connectivity index (χ3v) is 17.2. The molecule has 388 valence electrons. The second-order valence-electron chi connectivity index (χ2n) is 22.1. The van der Waals surface area contributed by atoms with Crippen molar-refractivity contribution < 1.29 is 8.83 Å². The molecule has 0 radical (unpaired) electrons. The summed E-state index contributed by atoms with van der Waals surface area (Å²) >= 11 is 0. The van der Waals surface area contributed by atoms with Crippen LogP contribution in [0.15, 0.2) is 322 Å². The first-order chi connectivity index (χ1) is 40.5. The van der Waals surface area contributed by atoms with E-state index in [1.807, 2.05) is 0 Å². The maximum absolute atomic E-state index is 7.11. The number of aryl methyl sites for hydroxylation is 2. The van der Waals surface area contributed by atoms with Gasteiger partial charge in [0.1, 0.15) is 11.2 Å². The predicted octanol–water partition coefficient (Wildman–Crippen LogP) is 21.1. The lowest BCUT2D eigenvalue weighted by Crippen LogP contribution is -2.35. The maximum atomic E-state index is 7.11. The molecule has 0 amide bonds. The molecule has 2 heterocycles. The Kier molecular flexibility index (Phi) is 11.1. The SMILES string of the molecule is Cc1cccc2c1oc1c(N(C3=CC=C4C=CC5=C(N(c6cc(-c7ccccc7)cc(-c7ccccc7)c6)c6cccc7c6oc6c(C)cccc67)C=CC6=CC=C3C4C65)c3cc(-c4ccccc4)cc(-c4ccccc4)c3)cccc12. The van der Waals surface area contributed by atoms with Crippen LogP contribution in [0.4, 0.5) is 22.7 Å². The van der Waals surface area contributed by atoms with Gasteiger partial charge in [0.25, 0.3) is 0 Å². The number of allylic oxidation sites excluding steroid dienone is 12.